The van der Waals surface area contributed by atoms with E-state index in [-0.39, 0.29) is 6.61 Å². The fraction of sp³-hybridized carbons (Fsp3) is 0.250. The smallest absolute Gasteiger partial charge is 0.388 e. The van der Waals surface area contributed by atoms with Gasteiger partial charge < -0.3 is 8.85 Å². The Hall–Kier alpha value is -0.843. The maximum Gasteiger partial charge on any atom is 0.407 e. The summed E-state index contributed by atoms with van der Waals surface area (Å²) in [5, 5.41) is 2.10. The van der Waals surface area contributed by atoms with Crippen LogP contribution in [0.3, 0.4) is 0 Å². The number of halogens is 2. The van der Waals surface area contributed by atoms with Gasteiger partial charge in [-0.2, -0.15) is 0 Å². The first-order valence-corrected chi connectivity index (χ1v) is 9.55. The molecule has 0 aliphatic heterocycles. The molecule has 21 heavy (non-hydrogen) atoms. The van der Waals surface area contributed by atoms with E-state index in [9.17, 15) is 0 Å². The van der Waals surface area contributed by atoms with Crippen molar-refractivity contribution in [1.82, 2.24) is 0 Å². The molecule has 0 N–H and O–H groups in total. The summed E-state index contributed by atoms with van der Waals surface area (Å²) in [5.41, 5.74) is 0. The highest BCUT2D eigenvalue weighted by Crippen LogP contribution is 2.13. The molecule has 0 saturated heterocycles. The van der Waals surface area contributed by atoms with Crippen LogP contribution in [-0.2, 0) is 8.85 Å². The molecule has 112 valence electrons. The molecule has 0 aliphatic carbocycles. The number of benzene rings is 2. The zero-order valence-electron chi connectivity index (χ0n) is 11.8. The normalized spacial score (nSPS) is 11.8. The van der Waals surface area contributed by atoms with Crippen molar-refractivity contribution in [2.45, 2.75) is 11.8 Å². The predicted molar refractivity (Wildman–Crippen MR) is 91.0 cm³/mol. The highest BCUT2D eigenvalue weighted by Gasteiger charge is 2.42. The van der Waals surface area contributed by atoms with Gasteiger partial charge in [0.05, 0.1) is 6.61 Å². The summed E-state index contributed by atoms with van der Waals surface area (Å²) in [5.74, 6) is 0. The van der Waals surface area contributed by atoms with E-state index in [0.717, 1.165) is 10.4 Å². The van der Waals surface area contributed by atoms with Crippen LogP contribution in [0, 0.1) is 0 Å². The van der Waals surface area contributed by atoms with Crippen LogP contribution < -0.4 is 10.4 Å². The van der Waals surface area contributed by atoms with E-state index < -0.39 is 13.4 Å². The Balaban J connectivity index is 2.49. The molecule has 0 unspecified atom stereocenters. The Morgan fingerprint density at radius 2 is 1.33 bits per heavy atom. The first-order chi connectivity index (χ1) is 10.2. The van der Waals surface area contributed by atoms with Crippen molar-refractivity contribution in [3.63, 3.8) is 0 Å². The molecule has 2 rings (SSSR count). The van der Waals surface area contributed by atoms with Gasteiger partial charge in [-0.1, -0.05) is 60.7 Å². The minimum Gasteiger partial charge on any atom is -0.388 e. The highest BCUT2D eigenvalue weighted by atomic mass is 35.5. The molecule has 2 aromatic carbocycles. The van der Waals surface area contributed by atoms with E-state index in [1.165, 1.54) is 0 Å². The molecule has 0 fully saturated rings. The first-order valence-electron chi connectivity index (χ1n) is 6.86. The lowest BCUT2D eigenvalue weighted by Gasteiger charge is -2.31. The van der Waals surface area contributed by atoms with Crippen LogP contribution in [0.25, 0.3) is 0 Å². The summed E-state index contributed by atoms with van der Waals surface area (Å²) in [7, 11) is -2.78. The van der Waals surface area contributed by atoms with Crippen LogP contribution in [0.4, 0.5) is 0 Å². The molecule has 0 heterocycles. The van der Waals surface area contributed by atoms with Gasteiger partial charge in [-0.15, -0.1) is 23.2 Å². The maximum atomic E-state index is 6.16. The lowest BCUT2D eigenvalue weighted by Crippen LogP contribution is -2.63. The first kappa shape index (κ1) is 16.5. The quantitative estimate of drug-likeness (QED) is 0.569. The summed E-state index contributed by atoms with van der Waals surface area (Å²) in [6, 6.07) is 20.0. The topological polar surface area (TPSA) is 18.5 Å². The Bertz CT molecular complexity index is 495. The van der Waals surface area contributed by atoms with Gasteiger partial charge in [-0.05, 0) is 17.3 Å². The largest absolute Gasteiger partial charge is 0.407 e. The van der Waals surface area contributed by atoms with E-state index in [0.29, 0.717) is 6.61 Å². The molecule has 5 heteroatoms. The molecule has 0 saturated carbocycles. The molecule has 0 aliphatic rings. The Morgan fingerprint density at radius 1 is 0.857 bits per heavy atom. The fourth-order valence-electron chi connectivity index (χ4n) is 2.24. The second-order valence-electron chi connectivity index (χ2n) is 4.48. The van der Waals surface area contributed by atoms with Crippen molar-refractivity contribution in [2.24, 2.45) is 0 Å². The highest BCUT2D eigenvalue weighted by molar-refractivity contribution is 6.92. The minimum absolute atomic E-state index is 0.235. The second kappa shape index (κ2) is 7.97. The Labute approximate surface area is 136 Å². The van der Waals surface area contributed by atoms with E-state index in [4.69, 9.17) is 32.1 Å². The van der Waals surface area contributed by atoms with Crippen LogP contribution in [0.5, 0.6) is 0 Å². The summed E-state index contributed by atoms with van der Waals surface area (Å²) in [4.78, 5) is -0.579. The summed E-state index contributed by atoms with van der Waals surface area (Å²) >= 11 is 11.7. The van der Waals surface area contributed by atoms with Gasteiger partial charge in [0, 0.05) is 6.61 Å². The zero-order chi connectivity index (χ0) is 15.1. The number of alkyl halides is 2. The van der Waals surface area contributed by atoms with Crippen LogP contribution in [-0.4, -0.2) is 26.6 Å². The Morgan fingerprint density at radius 3 is 1.71 bits per heavy atom. The average Bonchev–Trinajstić information content (AvgIpc) is 2.53. The zero-order valence-corrected chi connectivity index (χ0v) is 14.3. The lowest BCUT2D eigenvalue weighted by molar-refractivity contribution is 0.206. The maximum absolute atomic E-state index is 6.16. The van der Waals surface area contributed by atoms with Gasteiger partial charge in [-0.3, -0.25) is 0 Å². The van der Waals surface area contributed by atoms with Crippen LogP contribution in [0.2, 0.25) is 0 Å². The van der Waals surface area contributed by atoms with Crippen molar-refractivity contribution < 1.29 is 8.85 Å². The van der Waals surface area contributed by atoms with E-state index in [1.807, 2.05) is 67.6 Å². The van der Waals surface area contributed by atoms with Crippen LogP contribution in [0.1, 0.15) is 6.92 Å². The standard InChI is InChI=1S/C16H18Cl2O2Si/c1-2-19-21(20-13-16(17)18,14-9-5-3-6-10-14)15-11-7-4-8-12-15/h3-12,16H,2,13H2,1H3. The van der Waals surface area contributed by atoms with Crippen LogP contribution in [0.15, 0.2) is 60.7 Å². The molecule has 0 spiro atoms. The van der Waals surface area contributed by atoms with Gasteiger partial charge >= 0.3 is 8.56 Å². The predicted octanol–water partition coefficient (Wildman–Crippen LogP) is 3.10. The van der Waals surface area contributed by atoms with Gasteiger partial charge in [-0.25, -0.2) is 0 Å². The molecule has 2 aromatic rings. The molecular weight excluding hydrogens is 323 g/mol. The molecule has 0 radical (unpaired) electrons. The monoisotopic (exact) mass is 340 g/mol. The summed E-state index contributed by atoms with van der Waals surface area (Å²) < 4.78 is 12.3. The second-order valence-corrected chi connectivity index (χ2v) is 8.73. The van der Waals surface area contributed by atoms with Crippen LogP contribution >= 0.6 is 23.2 Å². The third-order valence-electron chi connectivity index (χ3n) is 3.07. The number of hydrogen-bond acceptors (Lipinski definition) is 2. The number of rotatable bonds is 7. The molecule has 0 aromatic heterocycles. The minimum atomic E-state index is -2.78. The Kier molecular flexibility index (Phi) is 6.27. The fourth-order valence-corrected chi connectivity index (χ4v) is 5.73. The molecular formula is C16H18Cl2O2Si. The average molecular weight is 341 g/mol. The lowest BCUT2D eigenvalue weighted by atomic mass is 10.4. The van der Waals surface area contributed by atoms with E-state index >= 15 is 0 Å². The number of hydrogen-bond donors (Lipinski definition) is 0. The molecule has 0 atom stereocenters. The van der Waals surface area contributed by atoms with Gasteiger partial charge in [0.15, 0.2) is 0 Å². The van der Waals surface area contributed by atoms with Gasteiger partial charge in [0.25, 0.3) is 0 Å². The van der Waals surface area contributed by atoms with Crippen molar-refractivity contribution in [3.05, 3.63) is 60.7 Å². The van der Waals surface area contributed by atoms with Crippen molar-refractivity contribution >= 4 is 42.1 Å². The molecule has 0 amide bonds. The van der Waals surface area contributed by atoms with Gasteiger partial charge in [0.2, 0.25) is 0 Å². The van der Waals surface area contributed by atoms with Crippen molar-refractivity contribution in [3.8, 4) is 0 Å². The molecule has 2 nitrogen and oxygen atoms in total. The van der Waals surface area contributed by atoms with Crippen molar-refractivity contribution in [2.75, 3.05) is 13.2 Å². The third-order valence-corrected chi connectivity index (χ3v) is 6.78. The van der Waals surface area contributed by atoms with E-state index in [1.54, 1.807) is 0 Å². The molecule has 0 bridgehead atoms. The summed E-state index contributed by atoms with van der Waals surface area (Å²) in [6.45, 7) is 2.76. The third kappa shape index (κ3) is 4.08. The van der Waals surface area contributed by atoms with Crippen molar-refractivity contribution in [1.29, 1.82) is 0 Å². The van der Waals surface area contributed by atoms with Gasteiger partial charge in [0.1, 0.15) is 4.84 Å². The SMILES string of the molecule is CCO[Si](OCC(Cl)Cl)(c1ccccc1)c1ccccc1. The van der Waals surface area contributed by atoms with E-state index in [2.05, 4.69) is 0 Å². The summed E-state index contributed by atoms with van der Waals surface area (Å²) in [6.07, 6.45) is 0.